The molecule has 0 aliphatic heterocycles. The summed E-state index contributed by atoms with van der Waals surface area (Å²) >= 11 is 0. The molecule has 0 amide bonds. The van der Waals surface area contributed by atoms with Crippen LogP contribution in [0.5, 0.6) is 5.75 Å². The number of ether oxygens (including phenoxy) is 1. The van der Waals surface area contributed by atoms with Gasteiger partial charge in [-0.3, -0.25) is 10.1 Å². The van der Waals surface area contributed by atoms with Crippen LogP contribution >= 0.6 is 0 Å². The predicted molar refractivity (Wildman–Crippen MR) is 53.7 cm³/mol. The summed E-state index contributed by atoms with van der Waals surface area (Å²) in [6.07, 6.45) is -0.00424. The molecular formula is C10H7N3O3. The Hall–Kier alpha value is -2.60. The highest BCUT2D eigenvalue weighted by molar-refractivity contribution is 5.56. The van der Waals surface area contributed by atoms with Crippen LogP contribution in [-0.2, 0) is 6.42 Å². The number of nitro groups is 1. The minimum atomic E-state index is -0.654. The Balaban J connectivity index is 3.43. The van der Waals surface area contributed by atoms with Gasteiger partial charge in [0.1, 0.15) is 17.4 Å². The van der Waals surface area contributed by atoms with Crippen molar-refractivity contribution in [3.63, 3.8) is 0 Å². The number of rotatable bonds is 3. The summed E-state index contributed by atoms with van der Waals surface area (Å²) in [4.78, 5) is 10.0. The molecule has 80 valence electrons. The summed E-state index contributed by atoms with van der Waals surface area (Å²) in [5.41, 5.74) is 0.00721. The van der Waals surface area contributed by atoms with E-state index in [1.54, 1.807) is 6.07 Å². The Morgan fingerprint density at radius 3 is 2.62 bits per heavy atom. The third kappa shape index (κ3) is 2.07. The van der Waals surface area contributed by atoms with Gasteiger partial charge in [-0.2, -0.15) is 10.5 Å². The first-order valence-electron chi connectivity index (χ1n) is 4.26. The van der Waals surface area contributed by atoms with Gasteiger partial charge in [0.05, 0.1) is 24.5 Å². The first kappa shape index (κ1) is 11.5. The minimum absolute atomic E-state index is 0.00424. The van der Waals surface area contributed by atoms with Crippen LogP contribution in [0.2, 0.25) is 0 Å². The second-order valence-electron chi connectivity index (χ2n) is 2.89. The molecule has 0 saturated carbocycles. The summed E-state index contributed by atoms with van der Waals surface area (Å²) in [5, 5.41) is 28.0. The van der Waals surface area contributed by atoms with Crippen molar-refractivity contribution in [2.75, 3.05) is 7.11 Å². The number of benzene rings is 1. The van der Waals surface area contributed by atoms with E-state index in [2.05, 4.69) is 0 Å². The lowest BCUT2D eigenvalue weighted by atomic mass is 10.1. The molecule has 0 aliphatic rings. The van der Waals surface area contributed by atoms with Gasteiger partial charge in [0.2, 0.25) is 0 Å². The summed E-state index contributed by atoms with van der Waals surface area (Å²) < 4.78 is 4.95. The standard InChI is InChI=1S/C10H7N3O3/c1-16-10-5-8(6-12)9(13(14)15)4-7(10)2-3-11/h4-5H,2H2,1H3. The largest absolute Gasteiger partial charge is 0.496 e. The Morgan fingerprint density at radius 1 is 1.50 bits per heavy atom. The van der Waals surface area contributed by atoms with E-state index < -0.39 is 4.92 Å². The maximum Gasteiger partial charge on any atom is 0.287 e. The molecule has 0 bridgehead atoms. The van der Waals surface area contributed by atoms with Crippen molar-refractivity contribution in [1.82, 2.24) is 0 Å². The Labute approximate surface area is 91.4 Å². The van der Waals surface area contributed by atoms with Gasteiger partial charge in [-0.15, -0.1) is 0 Å². The smallest absolute Gasteiger partial charge is 0.287 e. The van der Waals surface area contributed by atoms with Crippen LogP contribution in [0.25, 0.3) is 0 Å². The molecule has 0 atom stereocenters. The first-order valence-corrected chi connectivity index (χ1v) is 4.26. The number of methoxy groups -OCH3 is 1. The molecule has 0 aliphatic carbocycles. The maximum absolute atomic E-state index is 10.7. The summed E-state index contributed by atoms with van der Waals surface area (Å²) in [6, 6.07) is 6.06. The van der Waals surface area contributed by atoms with Crippen molar-refractivity contribution in [1.29, 1.82) is 10.5 Å². The number of nitrogens with zero attached hydrogens (tertiary/aromatic N) is 3. The normalized spacial score (nSPS) is 8.94. The van der Waals surface area contributed by atoms with Crippen molar-refractivity contribution in [3.8, 4) is 17.9 Å². The zero-order chi connectivity index (χ0) is 12.1. The van der Waals surface area contributed by atoms with E-state index in [0.29, 0.717) is 11.3 Å². The van der Waals surface area contributed by atoms with E-state index in [1.807, 2.05) is 6.07 Å². The van der Waals surface area contributed by atoms with Crippen LogP contribution in [0.15, 0.2) is 12.1 Å². The van der Waals surface area contributed by atoms with Gasteiger partial charge in [-0.1, -0.05) is 0 Å². The third-order valence-corrected chi connectivity index (χ3v) is 1.99. The average Bonchev–Trinajstić information content (AvgIpc) is 2.28. The number of nitro benzene ring substituents is 1. The van der Waals surface area contributed by atoms with Gasteiger partial charge in [0, 0.05) is 17.7 Å². The van der Waals surface area contributed by atoms with Gasteiger partial charge in [-0.25, -0.2) is 0 Å². The molecule has 1 rings (SSSR count). The third-order valence-electron chi connectivity index (χ3n) is 1.99. The van der Waals surface area contributed by atoms with Crippen molar-refractivity contribution in [2.24, 2.45) is 0 Å². The number of hydrogen-bond donors (Lipinski definition) is 0. The molecule has 1 aromatic carbocycles. The van der Waals surface area contributed by atoms with Crippen LogP contribution in [0.3, 0.4) is 0 Å². The van der Waals surface area contributed by atoms with E-state index in [4.69, 9.17) is 15.3 Å². The van der Waals surface area contributed by atoms with Gasteiger partial charge in [0.15, 0.2) is 0 Å². The molecule has 0 aromatic heterocycles. The lowest BCUT2D eigenvalue weighted by molar-refractivity contribution is -0.385. The quantitative estimate of drug-likeness (QED) is 0.564. The van der Waals surface area contributed by atoms with Crippen molar-refractivity contribution >= 4 is 5.69 Å². The lowest BCUT2D eigenvalue weighted by Gasteiger charge is -2.05. The number of nitriles is 2. The topological polar surface area (TPSA) is 99.9 Å². The van der Waals surface area contributed by atoms with E-state index in [-0.39, 0.29) is 17.7 Å². The predicted octanol–water partition coefficient (Wildman–Crippen LogP) is 1.54. The van der Waals surface area contributed by atoms with Gasteiger partial charge in [-0.05, 0) is 0 Å². The fourth-order valence-corrected chi connectivity index (χ4v) is 1.27. The molecule has 6 heteroatoms. The zero-order valence-corrected chi connectivity index (χ0v) is 8.43. The van der Waals surface area contributed by atoms with Crippen LogP contribution < -0.4 is 4.74 Å². The molecule has 16 heavy (non-hydrogen) atoms. The highest BCUT2D eigenvalue weighted by atomic mass is 16.6. The maximum atomic E-state index is 10.7. The minimum Gasteiger partial charge on any atom is -0.496 e. The second-order valence-corrected chi connectivity index (χ2v) is 2.89. The Kier molecular flexibility index (Phi) is 3.41. The second kappa shape index (κ2) is 4.76. The van der Waals surface area contributed by atoms with Crippen LogP contribution in [0, 0.1) is 32.8 Å². The molecule has 0 unspecified atom stereocenters. The SMILES string of the molecule is COc1cc(C#N)c([N+](=O)[O-])cc1CC#N. The number of hydrogen-bond acceptors (Lipinski definition) is 5. The molecule has 0 fully saturated rings. The molecule has 0 heterocycles. The van der Waals surface area contributed by atoms with Crippen molar-refractivity contribution in [2.45, 2.75) is 6.42 Å². The van der Waals surface area contributed by atoms with E-state index >= 15 is 0 Å². The average molecular weight is 217 g/mol. The first-order chi connectivity index (χ1) is 7.63. The van der Waals surface area contributed by atoms with Crippen molar-refractivity contribution < 1.29 is 9.66 Å². The summed E-state index contributed by atoms with van der Waals surface area (Å²) in [7, 11) is 1.38. The Bertz CT molecular complexity index is 511. The molecular weight excluding hydrogens is 210 g/mol. The molecule has 0 saturated heterocycles. The monoisotopic (exact) mass is 217 g/mol. The van der Waals surface area contributed by atoms with Gasteiger partial charge in [0.25, 0.3) is 5.69 Å². The highest BCUT2D eigenvalue weighted by Crippen LogP contribution is 2.28. The van der Waals surface area contributed by atoms with E-state index in [1.165, 1.54) is 19.2 Å². The van der Waals surface area contributed by atoms with Crippen LogP contribution in [-0.4, -0.2) is 12.0 Å². The molecule has 0 spiro atoms. The van der Waals surface area contributed by atoms with Crippen LogP contribution in [0.1, 0.15) is 11.1 Å². The molecule has 0 radical (unpaired) electrons. The lowest BCUT2D eigenvalue weighted by Crippen LogP contribution is -1.98. The zero-order valence-electron chi connectivity index (χ0n) is 8.43. The summed E-state index contributed by atoms with van der Waals surface area (Å²) in [6.45, 7) is 0. The van der Waals surface area contributed by atoms with Crippen LogP contribution in [0.4, 0.5) is 5.69 Å². The van der Waals surface area contributed by atoms with E-state index in [0.717, 1.165) is 0 Å². The molecule has 6 nitrogen and oxygen atoms in total. The van der Waals surface area contributed by atoms with Gasteiger partial charge >= 0.3 is 0 Å². The Morgan fingerprint density at radius 2 is 2.19 bits per heavy atom. The summed E-state index contributed by atoms with van der Waals surface area (Å²) in [5.74, 6) is 0.309. The molecule has 0 N–H and O–H groups in total. The fourth-order valence-electron chi connectivity index (χ4n) is 1.27. The van der Waals surface area contributed by atoms with E-state index in [9.17, 15) is 10.1 Å². The highest BCUT2D eigenvalue weighted by Gasteiger charge is 2.18. The van der Waals surface area contributed by atoms with Gasteiger partial charge < -0.3 is 4.74 Å². The fraction of sp³-hybridized carbons (Fsp3) is 0.200. The van der Waals surface area contributed by atoms with Crippen molar-refractivity contribution in [3.05, 3.63) is 33.4 Å². The molecule has 1 aromatic rings.